The van der Waals surface area contributed by atoms with Gasteiger partial charge in [-0.1, -0.05) is 200 Å². The van der Waals surface area contributed by atoms with Gasteiger partial charge < -0.3 is 9.13 Å². The van der Waals surface area contributed by atoms with Crippen LogP contribution >= 0.6 is 11.3 Å². The highest BCUT2D eigenvalue weighted by atomic mass is 32.1. The van der Waals surface area contributed by atoms with Crippen LogP contribution in [-0.4, -0.2) is 24.1 Å². The lowest BCUT2D eigenvalue weighted by Crippen LogP contribution is -2.01. The second-order valence-electron chi connectivity index (χ2n) is 17.5. The zero-order valence-electron chi connectivity index (χ0n) is 37.2. The summed E-state index contributed by atoms with van der Waals surface area (Å²) < 4.78 is 7.47. The number of hydrogen-bond donors (Lipinski definition) is 0. The van der Waals surface area contributed by atoms with Gasteiger partial charge in [0.1, 0.15) is 0 Å². The minimum atomic E-state index is 0.615. The van der Waals surface area contributed by atoms with Crippen molar-refractivity contribution in [2.75, 3.05) is 0 Å². The van der Waals surface area contributed by atoms with E-state index < -0.39 is 0 Å². The summed E-state index contributed by atoms with van der Waals surface area (Å²) in [5.41, 5.74) is 14.4. The van der Waals surface area contributed by atoms with Crippen molar-refractivity contribution in [3.8, 4) is 67.8 Å². The van der Waals surface area contributed by atoms with Crippen molar-refractivity contribution in [2.45, 2.75) is 0 Å². The standard InChI is InChI=1S/C63H39N5S/c1-4-18-40(19-5-1)43-24-16-25-44(38-43)62-64-61(42-22-8-3-9-23-42)65-63(66-62)45-26-17-27-46(39-45)67-55-32-14-11-29-48(55)50-34-36-52-53-37-35-51-49-30-12-15-33-56(49)68(58(51)60(53)69-59(52)57(50)67)54-31-13-10-28-47(54)41-20-6-2-7-21-41/h1-39H. The third-order valence-electron chi connectivity index (χ3n) is 13.6. The molecular formula is C63H39N5S. The van der Waals surface area contributed by atoms with Crippen LogP contribution in [0.15, 0.2) is 237 Å². The first-order chi connectivity index (χ1) is 34.2. The molecule has 4 aromatic heterocycles. The van der Waals surface area contributed by atoms with E-state index in [-0.39, 0.29) is 0 Å². The van der Waals surface area contributed by atoms with Gasteiger partial charge in [-0.05, 0) is 53.1 Å². The first-order valence-electron chi connectivity index (χ1n) is 23.3. The van der Waals surface area contributed by atoms with Crippen LogP contribution in [-0.2, 0) is 0 Å². The van der Waals surface area contributed by atoms with E-state index in [0.29, 0.717) is 17.5 Å². The van der Waals surface area contributed by atoms with E-state index in [1.54, 1.807) is 0 Å². The normalized spacial score (nSPS) is 11.8. The summed E-state index contributed by atoms with van der Waals surface area (Å²) in [6.07, 6.45) is 0. The molecule has 0 saturated heterocycles. The summed E-state index contributed by atoms with van der Waals surface area (Å²) in [4.78, 5) is 15.5. The number of rotatable bonds is 7. The quantitative estimate of drug-likeness (QED) is 0.160. The molecule has 0 aliphatic carbocycles. The molecule has 0 unspecified atom stereocenters. The molecule has 6 heteroatoms. The Morgan fingerprint density at radius 3 is 1.39 bits per heavy atom. The minimum absolute atomic E-state index is 0.615. The van der Waals surface area contributed by atoms with Crippen LogP contribution in [0.4, 0.5) is 0 Å². The monoisotopic (exact) mass is 897 g/mol. The van der Waals surface area contributed by atoms with Gasteiger partial charge in [0, 0.05) is 60.3 Å². The zero-order valence-corrected chi connectivity index (χ0v) is 38.0. The van der Waals surface area contributed by atoms with Gasteiger partial charge in [0.05, 0.1) is 37.2 Å². The van der Waals surface area contributed by atoms with Crippen LogP contribution in [0.5, 0.6) is 0 Å². The van der Waals surface area contributed by atoms with Crippen molar-refractivity contribution < 1.29 is 0 Å². The minimum Gasteiger partial charge on any atom is -0.308 e. The van der Waals surface area contributed by atoms with E-state index >= 15 is 0 Å². The average Bonchev–Trinajstić information content (AvgIpc) is 4.10. The third kappa shape index (κ3) is 6.34. The van der Waals surface area contributed by atoms with Gasteiger partial charge in [-0.15, -0.1) is 11.3 Å². The highest BCUT2D eigenvalue weighted by molar-refractivity contribution is 7.27. The molecular weight excluding hydrogens is 859 g/mol. The number of hydrogen-bond acceptors (Lipinski definition) is 4. The Kier molecular flexibility index (Phi) is 9.00. The van der Waals surface area contributed by atoms with E-state index in [9.17, 15) is 0 Å². The lowest BCUT2D eigenvalue weighted by atomic mass is 10.0. The molecule has 4 heterocycles. The van der Waals surface area contributed by atoms with Crippen molar-refractivity contribution >= 4 is 75.1 Å². The van der Waals surface area contributed by atoms with Gasteiger partial charge in [0.25, 0.3) is 0 Å². The van der Waals surface area contributed by atoms with Gasteiger partial charge in [-0.2, -0.15) is 0 Å². The van der Waals surface area contributed by atoms with Crippen molar-refractivity contribution in [3.05, 3.63) is 237 Å². The predicted molar refractivity (Wildman–Crippen MR) is 289 cm³/mol. The number of fused-ring (bicyclic) bond motifs is 11. The zero-order chi connectivity index (χ0) is 45.4. The topological polar surface area (TPSA) is 48.5 Å². The first-order valence-corrected chi connectivity index (χ1v) is 24.1. The van der Waals surface area contributed by atoms with E-state index in [1.807, 2.05) is 35.6 Å². The summed E-state index contributed by atoms with van der Waals surface area (Å²) in [5, 5.41) is 7.40. The van der Waals surface area contributed by atoms with E-state index in [0.717, 1.165) is 44.7 Å². The molecule has 0 atom stereocenters. The molecule has 0 radical (unpaired) electrons. The number of aromatic nitrogens is 5. The van der Waals surface area contributed by atoms with E-state index in [4.69, 9.17) is 15.0 Å². The fourth-order valence-corrected chi connectivity index (χ4v) is 11.8. The Hall–Kier alpha value is -8.97. The van der Waals surface area contributed by atoms with E-state index in [2.05, 4.69) is 221 Å². The number of para-hydroxylation sites is 3. The molecule has 5 nitrogen and oxygen atoms in total. The van der Waals surface area contributed by atoms with Crippen LogP contribution in [0, 0.1) is 0 Å². The molecule has 10 aromatic carbocycles. The van der Waals surface area contributed by atoms with Gasteiger partial charge in [-0.25, -0.2) is 15.0 Å². The molecule has 0 bridgehead atoms. The van der Waals surface area contributed by atoms with Gasteiger partial charge in [0.15, 0.2) is 17.5 Å². The molecule has 322 valence electrons. The summed E-state index contributed by atoms with van der Waals surface area (Å²) in [6, 6.07) is 84.3. The Labute approximate surface area is 401 Å². The molecule has 69 heavy (non-hydrogen) atoms. The van der Waals surface area contributed by atoms with E-state index in [1.165, 1.54) is 69.4 Å². The fourth-order valence-electron chi connectivity index (χ4n) is 10.4. The van der Waals surface area contributed by atoms with Gasteiger partial charge in [-0.3, -0.25) is 0 Å². The van der Waals surface area contributed by atoms with Gasteiger partial charge >= 0.3 is 0 Å². The van der Waals surface area contributed by atoms with Crippen molar-refractivity contribution in [1.82, 2.24) is 24.1 Å². The SMILES string of the molecule is c1ccc(-c2cccc(-c3nc(-c4ccccc4)nc(-c4cccc(-n5c6ccccc6c6ccc7c8ccc9c%10ccccc%10n(-c%10ccccc%10-c%10ccccc%10)c9c8sc7c65)c4)n3)c2)cc1. The fraction of sp³-hybridized carbons (Fsp3) is 0. The predicted octanol–water partition coefficient (Wildman–Crippen LogP) is 16.8. The molecule has 14 rings (SSSR count). The maximum Gasteiger partial charge on any atom is 0.164 e. The largest absolute Gasteiger partial charge is 0.308 e. The molecule has 0 aliphatic heterocycles. The Balaban J connectivity index is 0.997. The molecule has 0 fully saturated rings. The molecule has 0 saturated carbocycles. The number of benzene rings is 10. The molecule has 0 aliphatic rings. The first kappa shape index (κ1) is 39.2. The second kappa shape index (κ2) is 15.8. The maximum absolute atomic E-state index is 5.23. The summed E-state index contributed by atoms with van der Waals surface area (Å²) in [6.45, 7) is 0. The van der Waals surface area contributed by atoms with Crippen molar-refractivity contribution in [1.29, 1.82) is 0 Å². The maximum atomic E-state index is 5.23. The Bertz CT molecular complexity index is 4300. The molecule has 14 aromatic rings. The average molecular weight is 898 g/mol. The summed E-state index contributed by atoms with van der Waals surface area (Å²) in [5.74, 6) is 1.87. The lowest BCUT2D eigenvalue weighted by Gasteiger charge is -2.14. The van der Waals surface area contributed by atoms with Gasteiger partial charge in [0.2, 0.25) is 0 Å². The molecule has 0 amide bonds. The smallest absolute Gasteiger partial charge is 0.164 e. The third-order valence-corrected chi connectivity index (χ3v) is 14.8. The molecule has 0 spiro atoms. The van der Waals surface area contributed by atoms with Crippen LogP contribution < -0.4 is 0 Å². The second-order valence-corrected chi connectivity index (χ2v) is 18.6. The number of nitrogens with zero attached hydrogens (tertiary/aromatic N) is 5. The number of thiophene rings is 1. The lowest BCUT2D eigenvalue weighted by molar-refractivity contribution is 1.07. The molecule has 0 N–H and O–H groups in total. The highest BCUT2D eigenvalue weighted by Crippen LogP contribution is 2.48. The Morgan fingerprint density at radius 1 is 0.290 bits per heavy atom. The summed E-state index contributed by atoms with van der Waals surface area (Å²) >= 11 is 1.90. The van der Waals surface area contributed by atoms with Crippen LogP contribution in [0.25, 0.3) is 132 Å². The van der Waals surface area contributed by atoms with Crippen LogP contribution in [0.3, 0.4) is 0 Å². The summed E-state index contributed by atoms with van der Waals surface area (Å²) in [7, 11) is 0. The van der Waals surface area contributed by atoms with Crippen molar-refractivity contribution in [2.24, 2.45) is 0 Å². The van der Waals surface area contributed by atoms with Crippen LogP contribution in [0.2, 0.25) is 0 Å². The van der Waals surface area contributed by atoms with Crippen LogP contribution in [0.1, 0.15) is 0 Å². The highest BCUT2D eigenvalue weighted by Gasteiger charge is 2.23. The van der Waals surface area contributed by atoms with Crippen molar-refractivity contribution in [3.63, 3.8) is 0 Å². The Morgan fingerprint density at radius 2 is 0.739 bits per heavy atom.